The highest BCUT2D eigenvalue weighted by molar-refractivity contribution is 7.91. The Morgan fingerprint density at radius 2 is 2.00 bits per heavy atom. The van der Waals surface area contributed by atoms with Gasteiger partial charge >= 0.3 is 5.76 Å². The van der Waals surface area contributed by atoms with Gasteiger partial charge in [0.2, 0.25) is 15.7 Å². The molecule has 21 heavy (non-hydrogen) atoms. The Hall–Kier alpha value is -2.03. The Balaban J connectivity index is 2.36. The Bertz CT molecular complexity index is 731. The van der Waals surface area contributed by atoms with Gasteiger partial charge in [-0.3, -0.25) is 0 Å². The fourth-order valence-electron chi connectivity index (χ4n) is 1.81. The number of rotatable bonds is 5. The molecule has 1 aromatic heterocycles. The van der Waals surface area contributed by atoms with Gasteiger partial charge in [0.25, 0.3) is 0 Å². The summed E-state index contributed by atoms with van der Waals surface area (Å²) in [6.45, 7) is 1.75. The fraction of sp³-hybridized carbons (Fsp3) is 0.333. The molecule has 0 radical (unpaired) electrons. The standard InChI is InChI=1S/C12H13F2N3O3S/c1-8-15-11(16-20-8)7-17(2)9-5-3-4-6-10(9)21(18,19)12(13)14/h3-6,12H,7H2,1-2H3. The van der Waals surface area contributed by atoms with E-state index in [-0.39, 0.29) is 12.2 Å². The van der Waals surface area contributed by atoms with E-state index in [1.54, 1.807) is 20.0 Å². The van der Waals surface area contributed by atoms with Crippen molar-refractivity contribution in [1.29, 1.82) is 0 Å². The largest absolute Gasteiger partial charge is 0.366 e. The van der Waals surface area contributed by atoms with E-state index >= 15 is 0 Å². The Morgan fingerprint density at radius 3 is 2.57 bits per heavy atom. The van der Waals surface area contributed by atoms with Crippen molar-refractivity contribution in [3.05, 3.63) is 36.0 Å². The molecule has 0 N–H and O–H groups in total. The molecule has 0 spiro atoms. The molecule has 1 aromatic carbocycles. The van der Waals surface area contributed by atoms with E-state index in [0.29, 0.717) is 11.7 Å². The summed E-state index contributed by atoms with van der Waals surface area (Å²) in [5, 5.41) is 3.68. The molecule has 0 unspecified atom stereocenters. The van der Waals surface area contributed by atoms with Crippen LogP contribution in [0.2, 0.25) is 0 Å². The first-order valence-corrected chi connectivity index (χ1v) is 7.48. The summed E-state index contributed by atoms with van der Waals surface area (Å²) in [6.07, 6.45) is 0. The second-order valence-electron chi connectivity index (χ2n) is 4.36. The lowest BCUT2D eigenvalue weighted by molar-refractivity contribution is 0.235. The minimum Gasteiger partial charge on any atom is -0.366 e. The molecule has 114 valence electrons. The lowest BCUT2D eigenvalue weighted by Gasteiger charge is -2.20. The van der Waals surface area contributed by atoms with Crippen LogP contribution in [0.1, 0.15) is 11.7 Å². The normalized spacial score (nSPS) is 11.9. The van der Waals surface area contributed by atoms with Gasteiger partial charge in [0.15, 0.2) is 5.82 Å². The first-order chi connectivity index (χ1) is 9.82. The topological polar surface area (TPSA) is 76.3 Å². The SMILES string of the molecule is Cc1nc(CN(C)c2ccccc2S(=O)(=O)C(F)F)no1. The minimum absolute atomic E-state index is 0.132. The van der Waals surface area contributed by atoms with Crippen molar-refractivity contribution in [2.24, 2.45) is 0 Å². The molecule has 0 saturated heterocycles. The smallest absolute Gasteiger partial charge is 0.341 e. The second-order valence-corrected chi connectivity index (χ2v) is 6.25. The maximum absolute atomic E-state index is 12.7. The van der Waals surface area contributed by atoms with Crippen LogP contribution >= 0.6 is 0 Å². The zero-order valence-corrected chi connectivity index (χ0v) is 12.1. The zero-order valence-electron chi connectivity index (χ0n) is 11.3. The zero-order chi connectivity index (χ0) is 15.6. The third kappa shape index (κ3) is 3.18. The number of hydrogen-bond acceptors (Lipinski definition) is 6. The maximum Gasteiger partial charge on any atom is 0.341 e. The summed E-state index contributed by atoms with van der Waals surface area (Å²) >= 11 is 0. The van der Waals surface area contributed by atoms with E-state index in [0.717, 1.165) is 6.07 Å². The lowest BCUT2D eigenvalue weighted by Crippen LogP contribution is -2.22. The van der Waals surface area contributed by atoms with E-state index in [4.69, 9.17) is 4.52 Å². The number of benzene rings is 1. The van der Waals surface area contributed by atoms with Crippen LogP contribution in [0.3, 0.4) is 0 Å². The molecule has 0 aliphatic heterocycles. The van der Waals surface area contributed by atoms with Gasteiger partial charge in [0.05, 0.1) is 17.1 Å². The predicted molar refractivity (Wildman–Crippen MR) is 70.8 cm³/mol. The van der Waals surface area contributed by atoms with Crippen LogP contribution in [0.5, 0.6) is 0 Å². The van der Waals surface area contributed by atoms with Gasteiger partial charge < -0.3 is 9.42 Å². The van der Waals surface area contributed by atoms with E-state index in [9.17, 15) is 17.2 Å². The number of nitrogens with zero attached hydrogens (tertiary/aromatic N) is 3. The molecule has 0 bridgehead atoms. The van der Waals surface area contributed by atoms with Gasteiger partial charge in [-0.05, 0) is 12.1 Å². The van der Waals surface area contributed by atoms with Crippen LogP contribution in [-0.2, 0) is 16.4 Å². The van der Waals surface area contributed by atoms with E-state index in [2.05, 4.69) is 10.1 Å². The number of sulfone groups is 1. The van der Waals surface area contributed by atoms with Crippen LogP contribution in [0.25, 0.3) is 0 Å². The lowest BCUT2D eigenvalue weighted by atomic mass is 10.3. The average Bonchev–Trinajstić information content (AvgIpc) is 2.83. The summed E-state index contributed by atoms with van der Waals surface area (Å²) in [6, 6.07) is 5.56. The molecule has 2 aromatic rings. The molecule has 0 aliphatic rings. The van der Waals surface area contributed by atoms with Crippen LogP contribution in [-0.4, -0.2) is 31.4 Å². The molecule has 0 saturated carbocycles. The Labute approximate surface area is 120 Å². The molecule has 0 aliphatic carbocycles. The summed E-state index contributed by atoms with van der Waals surface area (Å²) in [5.41, 5.74) is 0.153. The molecular weight excluding hydrogens is 304 g/mol. The van der Waals surface area contributed by atoms with Crippen molar-refractivity contribution in [2.45, 2.75) is 24.1 Å². The fourth-order valence-corrected chi connectivity index (χ4v) is 2.79. The average molecular weight is 317 g/mol. The molecule has 0 amide bonds. The first-order valence-electron chi connectivity index (χ1n) is 5.94. The Kier molecular flexibility index (Phi) is 4.21. The number of anilines is 1. The summed E-state index contributed by atoms with van der Waals surface area (Å²) < 4.78 is 53.6. The van der Waals surface area contributed by atoms with Gasteiger partial charge in [-0.2, -0.15) is 13.8 Å². The molecule has 0 atom stereocenters. The minimum atomic E-state index is -4.68. The van der Waals surface area contributed by atoms with Gasteiger partial charge in [-0.1, -0.05) is 17.3 Å². The van der Waals surface area contributed by atoms with Crippen molar-refractivity contribution in [2.75, 3.05) is 11.9 Å². The van der Waals surface area contributed by atoms with E-state index in [1.165, 1.54) is 17.0 Å². The number of alkyl halides is 2. The van der Waals surface area contributed by atoms with Crippen molar-refractivity contribution < 1.29 is 21.7 Å². The highest BCUT2D eigenvalue weighted by atomic mass is 32.2. The first kappa shape index (κ1) is 15.4. The monoisotopic (exact) mass is 317 g/mol. The van der Waals surface area contributed by atoms with Gasteiger partial charge in [0, 0.05) is 14.0 Å². The number of aromatic nitrogens is 2. The van der Waals surface area contributed by atoms with Crippen molar-refractivity contribution in [1.82, 2.24) is 10.1 Å². The quantitative estimate of drug-likeness (QED) is 0.839. The van der Waals surface area contributed by atoms with Crippen LogP contribution in [0.15, 0.2) is 33.7 Å². The van der Waals surface area contributed by atoms with Gasteiger partial charge in [0.1, 0.15) is 0 Å². The molecule has 0 fully saturated rings. The van der Waals surface area contributed by atoms with E-state index in [1.807, 2.05) is 0 Å². The highest BCUT2D eigenvalue weighted by Gasteiger charge is 2.30. The Morgan fingerprint density at radius 1 is 1.33 bits per heavy atom. The van der Waals surface area contributed by atoms with Gasteiger partial charge in [-0.15, -0.1) is 0 Å². The van der Waals surface area contributed by atoms with Crippen molar-refractivity contribution in [3.8, 4) is 0 Å². The summed E-state index contributed by atoms with van der Waals surface area (Å²) in [5.74, 6) is -2.77. The third-order valence-electron chi connectivity index (χ3n) is 2.77. The number of para-hydroxylation sites is 1. The molecule has 2 rings (SSSR count). The second kappa shape index (κ2) is 5.76. The van der Waals surface area contributed by atoms with Crippen LogP contribution in [0.4, 0.5) is 14.5 Å². The van der Waals surface area contributed by atoms with Crippen molar-refractivity contribution in [3.63, 3.8) is 0 Å². The van der Waals surface area contributed by atoms with Crippen LogP contribution < -0.4 is 4.90 Å². The van der Waals surface area contributed by atoms with Crippen molar-refractivity contribution >= 4 is 15.5 Å². The number of aryl methyl sites for hydroxylation is 1. The number of halogens is 2. The van der Waals surface area contributed by atoms with Gasteiger partial charge in [-0.25, -0.2) is 8.42 Å². The molecular formula is C12H13F2N3O3S. The number of hydrogen-bond donors (Lipinski definition) is 0. The van der Waals surface area contributed by atoms with E-state index < -0.39 is 20.5 Å². The predicted octanol–water partition coefficient (Wildman–Crippen LogP) is 2.01. The summed E-state index contributed by atoms with van der Waals surface area (Å²) in [4.78, 5) is 5.03. The summed E-state index contributed by atoms with van der Waals surface area (Å²) in [7, 11) is -3.12. The highest BCUT2D eigenvalue weighted by Crippen LogP contribution is 2.28. The third-order valence-corrected chi connectivity index (χ3v) is 4.19. The molecule has 6 nitrogen and oxygen atoms in total. The van der Waals surface area contributed by atoms with Crippen LogP contribution in [0, 0.1) is 6.92 Å². The molecule has 9 heteroatoms. The maximum atomic E-state index is 12.7. The molecule has 1 heterocycles.